The van der Waals surface area contributed by atoms with Gasteiger partial charge in [-0.05, 0) is 41.8 Å². The summed E-state index contributed by atoms with van der Waals surface area (Å²) in [6.07, 6.45) is 3.44. The van der Waals surface area contributed by atoms with Crippen molar-refractivity contribution in [2.24, 2.45) is 4.99 Å². The minimum Gasteiger partial charge on any atom is -0.496 e. The highest BCUT2D eigenvalue weighted by molar-refractivity contribution is 9.10. The second kappa shape index (κ2) is 4.48. The Kier molecular flexibility index (Phi) is 2.92. The first kappa shape index (κ1) is 12.4. The van der Waals surface area contributed by atoms with Crippen molar-refractivity contribution in [3.05, 3.63) is 40.4 Å². The number of nitrogens with zero attached hydrogens (tertiary/aromatic N) is 1. The third-order valence-electron chi connectivity index (χ3n) is 3.61. The molecule has 0 aliphatic heterocycles. The number of hydrogen-bond donors (Lipinski definition) is 0. The highest BCUT2D eigenvalue weighted by atomic mass is 79.9. The zero-order chi connectivity index (χ0) is 13.5. The highest BCUT2D eigenvalue weighted by Gasteiger charge is 2.47. The number of isocyanates is 1. The van der Waals surface area contributed by atoms with E-state index >= 15 is 0 Å². The van der Waals surface area contributed by atoms with E-state index < -0.39 is 5.54 Å². The van der Waals surface area contributed by atoms with E-state index in [-0.39, 0.29) is 0 Å². The van der Waals surface area contributed by atoms with Crippen LogP contribution in [0.3, 0.4) is 0 Å². The van der Waals surface area contributed by atoms with Crippen LogP contribution in [-0.2, 0) is 10.3 Å². The van der Waals surface area contributed by atoms with Gasteiger partial charge in [0.05, 0.1) is 7.11 Å². The predicted octanol–water partition coefficient (Wildman–Crippen LogP) is 3.94. The lowest BCUT2D eigenvalue weighted by Crippen LogP contribution is -2.06. The first-order chi connectivity index (χ1) is 9.20. The van der Waals surface area contributed by atoms with E-state index in [1.807, 2.05) is 24.3 Å². The quantitative estimate of drug-likeness (QED) is 0.635. The van der Waals surface area contributed by atoms with Gasteiger partial charge in [0.15, 0.2) is 0 Å². The van der Waals surface area contributed by atoms with E-state index in [9.17, 15) is 4.79 Å². The van der Waals surface area contributed by atoms with Gasteiger partial charge >= 0.3 is 0 Å². The molecular weight excluding hydrogens is 306 g/mol. The van der Waals surface area contributed by atoms with Crippen LogP contribution in [0.15, 0.2) is 39.8 Å². The molecule has 2 aromatic carbocycles. The molecule has 1 fully saturated rings. The average molecular weight is 318 g/mol. The molecule has 1 aliphatic carbocycles. The summed E-state index contributed by atoms with van der Waals surface area (Å²) < 4.78 is 6.48. The molecule has 0 unspecified atom stereocenters. The number of benzene rings is 2. The van der Waals surface area contributed by atoms with Crippen LogP contribution in [0.1, 0.15) is 18.4 Å². The lowest BCUT2D eigenvalue weighted by atomic mass is 9.96. The van der Waals surface area contributed by atoms with Gasteiger partial charge in [0.1, 0.15) is 11.3 Å². The van der Waals surface area contributed by atoms with Gasteiger partial charge in [0.2, 0.25) is 6.08 Å². The third kappa shape index (κ3) is 1.97. The molecule has 0 radical (unpaired) electrons. The zero-order valence-electron chi connectivity index (χ0n) is 10.4. The summed E-state index contributed by atoms with van der Waals surface area (Å²) in [5.41, 5.74) is 0.573. The van der Waals surface area contributed by atoms with Crippen LogP contribution in [0, 0.1) is 0 Å². The summed E-state index contributed by atoms with van der Waals surface area (Å²) in [6, 6.07) is 10.0. The van der Waals surface area contributed by atoms with Gasteiger partial charge in [0.25, 0.3) is 0 Å². The van der Waals surface area contributed by atoms with Gasteiger partial charge in [-0.2, -0.15) is 4.99 Å². The van der Waals surface area contributed by atoms with Crippen molar-refractivity contribution in [2.75, 3.05) is 7.11 Å². The maximum atomic E-state index is 10.7. The molecule has 0 spiro atoms. The highest BCUT2D eigenvalue weighted by Crippen LogP contribution is 2.54. The number of aliphatic imine (C=N–C) groups is 1. The Morgan fingerprint density at radius 3 is 2.74 bits per heavy atom. The molecule has 1 aliphatic rings. The molecule has 0 aromatic heterocycles. The molecule has 4 heteroatoms. The molecule has 0 atom stereocenters. The van der Waals surface area contributed by atoms with Crippen LogP contribution in [0.4, 0.5) is 0 Å². The van der Waals surface area contributed by atoms with E-state index in [1.165, 1.54) is 0 Å². The molecule has 96 valence electrons. The van der Waals surface area contributed by atoms with Crippen LogP contribution >= 0.6 is 15.9 Å². The van der Waals surface area contributed by atoms with E-state index in [4.69, 9.17) is 4.74 Å². The minimum atomic E-state index is -0.430. The molecular formula is C15H12BrNO2. The number of ether oxygens (including phenoxy) is 1. The second-order valence-corrected chi connectivity index (χ2v) is 5.66. The van der Waals surface area contributed by atoms with Gasteiger partial charge < -0.3 is 4.74 Å². The Morgan fingerprint density at radius 1 is 1.32 bits per heavy atom. The van der Waals surface area contributed by atoms with E-state index in [0.29, 0.717) is 0 Å². The summed E-state index contributed by atoms with van der Waals surface area (Å²) in [4.78, 5) is 14.7. The maximum absolute atomic E-state index is 10.7. The summed E-state index contributed by atoms with van der Waals surface area (Å²) in [5, 5.41) is 2.19. The maximum Gasteiger partial charge on any atom is 0.235 e. The molecule has 3 rings (SSSR count). The first-order valence-electron chi connectivity index (χ1n) is 6.06. The van der Waals surface area contributed by atoms with Crippen LogP contribution in [-0.4, -0.2) is 13.2 Å². The molecule has 19 heavy (non-hydrogen) atoms. The molecule has 0 N–H and O–H groups in total. The second-order valence-electron chi connectivity index (χ2n) is 4.74. The van der Waals surface area contributed by atoms with E-state index in [1.54, 1.807) is 13.2 Å². The normalized spacial score (nSPS) is 15.9. The number of fused-ring (bicyclic) bond motifs is 1. The molecule has 1 saturated carbocycles. The number of halogens is 1. The summed E-state index contributed by atoms with van der Waals surface area (Å²) in [7, 11) is 1.64. The molecule has 0 saturated heterocycles. The fraction of sp³-hybridized carbons (Fsp3) is 0.267. The number of rotatable bonds is 3. The van der Waals surface area contributed by atoms with Gasteiger partial charge in [0, 0.05) is 10.0 Å². The minimum absolute atomic E-state index is 0.430. The Balaban J connectivity index is 2.34. The lowest BCUT2D eigenvalue weighted by Gasteiger charge is -2.16. The van der Waals surface area contributed by atoms with Gasteiger partial charge in [-0.25, -0.2) is 4.79 Å². The topological polar surface area (TPSA) is 38.7 Å². The standard InChI is InChI=1S/C15H12BrNO2/c1-19-13-5-2-10-8-11(16)3-4-12(10)14(13)15(6-7-15)17-9-18/h2-5,8H,6-7H2,1H3. The molecule has 2 aromatic rings. The fourth-order valence-electron chi connectivity index (χ4n) is 2.55. The summed E-state index contributed by atoms with van der Waals surface area (Å²) in [5.74, 6) is 0.784. The van der Waals surface area contributed by atoms with Crippen molar-refractivity contribution in [3.8, 4) is 5.75 Å². The SMILES string of the molecule is COc1ccc2cc(Br)ccc2c1C1(N=C=O)CC1. The van der Waals surface area contributed by atoms with E-state index in [0.717, 1.165) is 39.4 Å². The Bertz CT molecular complexity index is 701. The Morgan fingerprint density at radius 2 is 2.11 bits per heavy atom. The van der Waals surface area contributed by atoms with E-state index in [2.05, 4.69) is 27.0 Å². The van der Waals surface area contributed by atoms with Gasteiger partial charge in [-0.3, -0.25) is 0 Å². The fourth-order valence-corrected chi connectivity index (χ4v) is 2.93. The molecule has 0 heterocycles. The van der Waals surface area contributed by atoms with Crippen LogP contribution in [0.25, 0.3) is 10.8 Å². The van der Waals surface area contributed by atoms with Gasteiger partial charge in [-0.1, -0.05) is 28.1 Å². The molecule has 0 amide bonds. The predicted molar refractivity (Wildman–Crippen MR) is 77.2 cm³/mol. The van der Waals surface area contributed by atoms with Crippen molar-refractivity contribution in [1.29, 1.82) is 0 Å². The lowest BCUT2D eigenvalue weighted by molar-refractivity contribution is 0.405. The third-order valence-corrected chi connectivity index (χ3v) is 4.11. The molecule has 0 bridgehead atoms. The number of carbonyl (C=O) groups excluding carboxylic acids is 1. The van der Waals surface area contributed by atoms with Gasteiger partial charge in [-0.15, -0.1) is 0 Å². The number of methoxy groups -OCH3 is 1. The largest absolute Gasteiger partial charge is 0.496 e. The van der Waals surface area contributed by atoms with Crippen molar-refractivity contribution >= 4 is 32.8 Å². The van der Waals surface area contributed by atoms with Crippen molar-refractivity contribution in [2.45, 2.75) is 18.4 Å². The van der Waals surface area contributed by atoms with Crippen LogP contribution < -0.4 is 4.74 Å². The molecule has 3 nitrogen and oxygen atoms in total. The van der Waals surface area contributed by atoms with Crippen molar-refractivity contribution in [1.82, 2.24) is 0 Å². The summed E-state index contributed by atoms with van der Waals surface area (Å²) >= 11 is 3.47. The van der Waals surface area contributed by atoms with Crippen molar-refractivity contribution in [3.63, 3.8) is 0 Å². The summed E-state index contributed by atoms with van der Waals surface area (Å²) in [6.45, 7) is 0. The smallest absolute Gasteiger partial charge is 0.235 e. The van der Waals surface area contributed by atoms with Crippen LogP contribution in [0.5, 0.6) is 5.75 Å². The van der Waals surface area contributed by atoms with Crippen molar-refractivity contribution < 1.29 is 9.53 Å². The Hall–Kier alpha value is -1.64. The monoisotopic (exact) mass is 317 g/mol. The Labute approximate surface area is 119 Å². The number of hydrogen-bond acceptors (Lipinski definition) is 3. The van der Waals surface area contributed by atoms with Crippen LogP contribution in [0.2, 0.25) is 0 Å². The average Bonchev–Trinajstić information content (AvgIpc) is 3.18. The first-order valence-corrected chi connectivity index (χ1v) is 6.85. The zero-order valence-corrected chi connectivity index (χ0v) is 12.0.